The lowest BCUT2D eigenvalue weighted by molar-refractivity contribution is -0.385. The van der Waals surface area contributed by atoms with E-state index in [1.165, 1.54) is 17.2 Å². The van der Waals surface area contributed by atoms with Gasteiger partial charge in [-0.1, -0.05) is 35.8 Å². The first-order chi connectivity index (χ1) is 11.0. The molecule has 1 saturated heterocycles. The Morgan fingerprint density at radius 2 is 2.35 bits per heavy atom. The van der Waals surface area contributed by atoms with Crippen LogP contribution in [0.25, 0.3) is 0 Å². The number of nitro benzene ring substituents is 1. The predicted octanol–water partition coefficient (Wildman–Crippen LogP) is 3.25. The average Bonchev–Trinajstić information content (AvgIpc) is 2.54. The van der Waals surface area contributed by atoms with Gasteiger partial charge < -0.3 is 10.0 Å². The van der Waals surface area contributed by atoms with E-state index in [0.29, 0.717) is 25.6 Å². The molecule has 1 N–H and O–H groups in total. The van der Waals surface area contributed by atoms with E-state index in [0.717, 1.165) is 12.8 Å². The minimum absolute atomic E-state index is 0.0445. The lowest BCUT2D eigenvalue weighted by Crippen LogP contribution is -2.36. The van der Waals surface area contributed by atoms with E-state index in [2.05, 4.69) is 5.16 Å². The van der Waals surface area contributed by atoms with Crippen LogP contribution in [0.3, 0.4) is 0 Å². The molecule has 0 aliphatic carbocycles. The van der Waals surface area contributed by atoms with Gasteiger partial charge in [-0.3, -0.25) is 10.1 Å². The van der Waals surface area contributed by atoms with Gasteiger partial charge in [0.05, 0.1) is 10.5 Å². The van der Waals surface area contributed by atoms with Crippen LogP contribution >= 0.6 is 11.6 Å². The van der Waals surface area contributed by atoms with Crippen LogP contribution in [0.15, 0.2) is 29.4 Å². The minimum Gasteiger partial charge on any atom is -0.394 e. The fourth-order valence-corrected chi connectivity index (χ4v) is 2.87. The van der Waals surface area contributed by atoms with Crippen molar-refractivity contribution in [2.75, 3.05) is 19.7 Å². The number of oxime groups is 1. The molecule has 1 aliphatic heterocycles. The van der Waals surface area contributed by atoms with Crippen LogP contribution in [-0.4, -0.2) is 40.1 Å². The predicted molar refractivity (Wildman–Crippen MR) is 86.7 cm³/mol. The molecule has 0 saturated carbocycles. The summed E-state index contributed by atoms with van der Waals surface area (Å²) in [6, 6.07) is 6.12. The van der Waals surface area contributed by atoms with Gasteiger partial charge in [0, 0.05) is 19.2 Å². The van der Waals surface area contributed by atoms with E-state index < -0.39 is 4.92 Å². The quantitative estimate of drug-likeness (QED) is 0.487. The monoisotopic (exact) mass is 341 g/mol. The topological polar surface area (TPSA) is 88.2 Å². The van der Waals surface area contributed by atoms with Crippen LogP contribution in [0.2, 0.25) is 0 Å². The molecular formula is C15H20ClN3O4. The first kappa shape index (κ1) is 17.7. The van der Waals surface area contributed by atoms with Crippen molar-refractivity contribution >= 4 is 22.5 Å². The fraction of sp³-hybridized carbons (Fsp3) is 0.533. The zero-order valence-corrected chi connectivity index (χ0v) is 13.6. The zero-order chi connectivity index (χ0) is 16.8. The van der Waals surface area contributed by atoms with Gasteiger partial charge in [-0.15, -0.1) is 0 Å². The van der Waals surface area contributed by atoms with E-state index in [4.69, 9.17) is 16.4 Å². The summed E-state index contributed by atoms with van der Waals surface area (Å²) >= 11 is 6.02. The Morgan fingerprint density at radius 1 is 1.61 bits per heavy atom. The molecule has 0 amide bonds. The summed E-state index contributed by atoms with van der Waals surface area (Å²) < 4.78 is 0. The van der Waals surface area contributed by atoms with Crippen molar-refractivity contribution < 1.29 is 15.0 Å². The van der Waals surface area contributed by atoms with E-state index in [-0.39, 0.29) is 22.3 Å². The van der Waals surface area contributed by atoms with E-state index in [1.807, 2.05) is 6.92 Å². The Hall–Kier alpha value is -1.70. The van der Waals surface area contributed by atoms with Crippen molar-refractivity contribution in [3.63, 3.8) is 0 Å². The summed E-state index contributed by atoms with van der Waals surface area (Å²) in [5.74, 6) is 0.526. The second kappa shape index (κ2) is 8.24. The standard InChI is InChI=1S/C15H20ClN3O4/c1-11(12-5-4-8-18(20)9-12)10-23-17-15(16)13-6-2-3-7-14(13)19(21)22/h2-3,6-7,11-12,20H,4-5,8-10H2,1H3/b17-15-. The summed E-state index contributed by atoms with van der Waals surface area (Å²) in [5, 5.41) is 25.6. The van der Waals surface area contributed by atoms with Gasteiger partial charge in [-0.25, -0.2) is 0 Å². The number of hydroxylamine groups is 2. The number of nitro groups is 1. The first-order valence-electron chi connectivity index (χ1n) is 7.52. The Morgan fingerprint density at radius 3 is 3.04 bits per heavy atom. The maximum atomic E-state index is 11.0. The van der Waals surface area contributed by atoms with Gasteiger partial charge in [0.15, 0.2) is 5.17 Å². The molecular weight excluding hydrogens is 322 g/mol. The van der Waals surface area contributed by atoms with Crippen molar-refractivity contribution in [3.8, 4) is 0 Å². The molecule has 2 rings (SSSR count). The zero-order valence-electron chi connectivity index (χ0n) is 12.9. The van der Waals surface area contributed by atoms with Crippen LogP contribution < -0.4 is 0 Å². The van der Waals surface area contributed by atoms with E-state index in [9.17, 15) is 15.3 Å². The molecule has 0 bridgehead atoms. The molecule has 23 heavy (non-hydrogen) atoms. The Kier molecular flexibility index (Phi) is 6.32. The third-order valence-electron chi connectivity index (χ3n) is 4.05. The highest BCUT2D eigenvalue weighted by Gasteiger charge is 2.24. The van der Waals surface area contributed by atoms with Crippen molar-refractivity contribution in [2.45, 2.75) is 19.8 Å². The highest BCUT2D eigenvalue weighted by atomic mass is 35.5. The van der Waals surface area contributed by atoms with Crippen molar-refractivity contribution in [1.82, 2.24) is 5.06 Å². The smallest absolute Gasteiger partial charge is 0.279 e. The maximum absolute atomic E-state index is 11.0. The number of rotatable bonds is 6. The van der Waals surface area contributed by atoms with E-state index >= 15 is 0 Å². The molecule has 0 radical (unpaired) electrons. The molecule has 2 unspecified atom stereocenters. The molecule has 1 aromatic carbocycles. The maximum Gasteiger partial charge on any atom is 0.279 e. The minimum atomic E-state index is -0.506. The number of nitrogens with zero attached hydrogens (tertiary/aromatic N) is 3. The first-order valence-corrected chi connectivity index (χ1v) is 7.90. The second-order valence-corrected chi connectivity index (χ2v) is 6.10. The largest absolute Gasteiger partial charge is 0.394 e. The number of benzene rings is 1. The Balaban J connectivity index is 1.93. The number of para-hydroxylation sites is 1. The number of piperidine rings is 1. The van der Waals surface area contributed by atoms with Gasteiger partial charge in [-0.05, 0) is 30.7 Å². The summed E-state index contributed by atoms with van der Waals surface area (Å²) in [7, 11) is 0. The molecule has 126 valence electrons. The van der Waals surface area contributed by atoms with Gasteiger partial charge in [0.1, 0.15) is 6.61 Å². The number of halogens is 1. The van der Waals surface area contributed by atoms with Gasteiger partial charge >= 0.3 is 0 Å². The summed E-state index contributed by atoms with van der Waals surface area (Å²) in [5.41, 5.74) is 0.118. The van der Waals surface area contributed by atoms with Gasteiger partial charge in [-0.2, -0.15) is 5.06 Å². The fourth-order valence-electron chi connectivity index (χ4n) is 2.66. The van der Waals surface area contributed by atoms with Crippen LogP contribution in [0, 0.1) is 22.0 Å². The van der Waals surface area contributed by atoms with Gasteiger partial charge in [0.25, 0.3) is 5.69 Å². The summed E-state index contributed by atoms with van der Waals surface area (Å²) in [4.78, 5) is 15.7. The molecule has 1 aliphatic rings. The third-order valence-corrected chi connectivity index (χ3v) is 4.32. The SMILES string of the molecule is CC(CO/N=C(\Cl)c1ccccc1[N+](=O)[O-])C1CCCN(O)C1. The summed E-state index contributed by atoms with van der Waals surface area (Å²) in [6.45, 7) is 3.69. The van der Waals surface area contributed by atoms with Crippen LogP contribution in [0.5, 0.6) is 0 Å². The Bertz CT molecular complexity index is 582. The normalized spacial score (nSPS) is 21.0. The molecule has 7 nitrogen and oxygen atoms in total. The molecule has 8 heteroatoms. The van der Waals surface area contributed by atoms with Crippen molar-refractivity contribution in [2.24, 2.45) is 17.0 Å². The highest BCUT2D eigenvalue weighted by molar-refractivity contribution is 6.69. The lowest BCUT2D eigenvalue weighted by Gasteiger charge is -2.31. The molecule has 1 fully saturated rings. The molecule has 0 aromatic heterocycles. The van der Waals surface area contributed by atoms with E-state index in [1.54, 1.807) is 12.1 Å². The highest BCUT2D eigenvalue weighted by Crippen LogP contribution is 2.24. The average molecular weight is 342 g/mol. The number of hydrogen-bond acceptors (Lipinski definition) is 6. The van der Waals surface area contributed by atoms with Crippen LogP contribution in [0.4, 0.5) is 5.69 Å². The lowest BCUT2D eigenvalue weighted by atomic mass is 9.88. The molecule has 1 heterocycles. The van der Waals surface area contributed by atoms with Crippen molar-refractivity contribution in [1.29, 1.82) is 0 Å². The van der Waals surface area contributed by atoms with Crippen LogP contribution in [-0.2, 0) is 4.84 Å². The van der Waals surface area contributed by atoms with Crippen LogP contribution in [0.1, 0.15) is 25.3 Å². The molecule has 2 atom stereocenters. The van der Waals surface area contributed by atoms with Crippen molar-refractivity contribution in [3.05, 3.63) is 39.9 Å². The molecule has 0 spiro atoms. The second-order valence-electron chi connectivity index (χ2n) is 5.74. The van der Waals surface area contributed by atoms with Gasteiger partial charge in [0.2, 0.25) is 0 Å². The Labute approximate surface area is 139 Å². The third kappa shape index (κ3) is 4.89. The molecule has 1 aromatic rings. The summed E-state index contributed by atoms with van der Waals surface area (Å²) in [6.07, 6.45) is 1.98. The number of hydrogen-bond donors (Lipinski definition) is 1.